The molecule has 0 fully saturated rings. The minimum Gasteiger partial charge on any atom is -0.508 e. The monoisotopic (exact) mass is 347 g/mol. The maximum absolute atomic E-state index is 12.8. The summed E-state index contributed by atoms with van der Waals surface area (Å²) >= 11 is 3.44. The number of carbonyl (C=O) groups is 1. The number of hydrogen-bond acceptors (Lipinski definition) is 2. The summed E-state index contributed by atoms with van der Waals surface area (Å²) in [6.45, 7) is 6.34. The number of nitrogens with zero attached hydrogens (tertiary/aromatic N) is 1. The Bertz CT molecular complexity index is 682. The van der Waals surface area contributed by atoms with Gasteiger partial charge in [0, 0.05) is 17.1 Å². The van der Waals surface area contributed by atoms with Crippen LogP contribution in [0.25, 0.3) is 0 Å². The van der Waals surface area contributed by atoms with E-state index in [9.17, 15) is 9.90 Å². The van der Waals surface area contributed by atoms with Gasteiger partial charge >= 0.3 is 0 Å². The van der Waals surface area contributed by atoms with Gasteiger partial charge in [0.1, 0.15) is 5.75 Å². The number of hydrogen-bond donors (Lipinski definition) is 1. The highest BCUT2D eigenvalue weighted by Crippen LogP contribution is 2.28. The maximum atomic E-state index is 12.8. The summed E-state index contributed by atoms with van der Waals surface area (Å²) < 4.78 is 0.773. The molecule has 2 rings (SSSR count). The number of anilines is 1. The lowest BCUT2D eigenvalue weighted by Gasteiger charge is -2.24. The van der Waals surface area contributed by atoms with Crippen molar-refractivity contribution in [2.24, 2.45) is 0 Å². The highest BCUT2D eigenvalue weighted by molar-refractivity contribution is 9.10. The molecule has 0 saturated carbocycles. The maximum Gasteiger partial charge on any atom is 0.259 e. The predicted octanol–water partition coefficient (Wildman–Crippen LogP) is 4.44. The van der Waals surface area contributed by atoms with E-state index < -0.39 is 0 Å². The second-order valence-corrected chi connectivity index (χ2v) is 5.86. The first kappa shape index (κ1) is 15.6. The molecule has 0 atom stereocenters. The summed E-state index contributed by atoms with van der Waals surface area (Å²) in [4.78, 5) is 14.5. The third-order valence-electron chi connectivity index (χ3n) is 3.40. The van der Waals surface area contributed by atoms with Gasteiger partial charge < -0.3 is 10.0 Å². The second-order valence-electron chi connectivity index (χ2n) is 5.00. The smallest absolute Gasteiger partial charge is 0.259 e. The lowest BCUT2D eigenvalue weighted by atomic mass is 10.1. The number of benzene rings is 2. The Morgan fingerprint density at radius 3 is 2.57 bits per heavy atom. The quantitative estimate of drug-likeness (QED) is 0.891. The molecule has 21 heavy (non-hydrogen) atoms. The number of phenolic OH excluding ortho intramolecular Hbond substituents is 1. The zero-order valence-corrected chi connectivity index (χ0v) is 13.9. The highest BCUT2D eigenvalue weighted by atomic mass is 79.9. The molecule has 0 spiro atoms. The van der Waals surface area contributed by atoms with Crippen molar-refractivity contribution in [1.82, 2.24) is 0 Å². The average molecular weight is 348 g/mol. The van der Waals surface area contributed by atoms with Gasteiger partial charge in [-0.2, -0.15) is 0 Å². The van der Waals surface area contributed by atoms with Crippen LogP contribution in [0.4, 0.5) is 5.69 Å². The third kappa shape index (κ3) is 3.27. The molecule has 1 amide bonds. The van der Waals surface area contributed by atoms with Crippen LogP contribution in [0.1, 0.15) is 28.4 Å². The Hall–Kier alpha value is -1.81. The lowest BCUT2D eigenvalue weighted by molar-refractivity contribution is 0.0987. The van der Waals surface area contributed by atoms with Gasteiger partial charge in [0.05, 0.1) is 11.3 Å². The van der Waals surface area contributed by atoms with Crippen LogP contribution in [-0.2, 0) is 0 Å². The van der Waals surface area contributed by atoms with Gasteiger partial charge in [0.15, 0.2) is 0 Å². The lowest BCUT2D eigenvalue weighted by Crippen LogP contribution is -2.31. The molecular formula is C17H18BrNO2. The number of amides is 1. The molecule has 2 aromatic rings. The second kappa shape index (κ2) is 6.31. The molecule has 2 aromatic carbocycles. The molecule has 0 bridgehead atoms. The summed E-state index contributed by atoms with van der Waals surface area (Å²) in [5.74, 6) is 0.0759. The van der Waals surface area contributed by atoms with E-state index in [0.717, 1.165) is 21.3 Å². The average Bonchev–Trinajstić information content (AvgIpc) is 2.46. The van der Waals surface area contributed by atoms with Gasteiger partial charge in [0.2, 0.25) is 0 Å². The van der Waals surface area contributed by atoms with E-state index in [1.165, 1.54) is 0 Å². The van der Waals surface area contributed by atoms with Crippen LogP contribution in [0.15, 0.2) is 40.9 Å². The zero-order valence-electron chi connectivity index (χ0n) is 12.4. The fourth-order valence-electron chi connectivity index (χ4n) is 2.26. The topological polar surface area (TPSA) is 40.5 Å². The molecule has 0 aliphatic rings. The number of aryl methyl sites for hydroxylation is 2. The normalized spacial score (nSPS) is 10.5. The van der Waals surface area contributed by atoms with Crippen LogP contribution < -0.4 is 4.90 Å². The molecule has 4 heteroatoms. The number of halogens is 1. The Morgan fingerprint density at radius 2 is 1.90 bits per heavy atom. The van der Waals surface area contributed by atoms with Crippen LogP contribution in [0.2, 0.25) is 0 Å². The van der Waals surface area contributed by atoms with Crippen molar-refractivity contribution in [1.29, 1.82) is 0 Å². The van der Waals surface area contributed by atoms with Crippen molar-refractivity contribution in [2.75, 3.05) is 11.4 Å². The summed E-state index contributed by atoms with van der Waals surface area (Å²) in [6.07, 6.45) is 0. The van der Waals surface area contributed by atoms with Crippen molar-refractivity contribution in [2.45, 2.75) is 20.8 Å². The Balaban J connectivity index is 2.48. The van der Waals surface area contributed by atoms with Gasteiger partial charge in [-0.1, -0.05) is 17.7 Å². The first-order chi connectivity index (χ1) is 9.93. The molecule has 110 valence electrons. The van der Waals surface area contributed by atoms with Gasteiger partial charge in [-0.3, -0.25) is 4.79 Å². The molecule has 1 N–H and O–H groups in total. The largest absolute Gasteiger partial charge is 0.508 e. The van der Waals surface area contributed by atoms with E-state index in [2.05, 4.69) is 15.9 Å². The summed E-state index contributed by atoms with van der Waals surface area (Å²) in [6, 6.07) is 10.8. The summed E-state index contributed by atoms with van der Waals surface area (Å²) in [5.41, 5.74) is 3.34. The van der Waals surface area contributed by atoms with Crippen LogP contribution in [0.5, 0.6) is 5.75 Å². The standard InChI is InChI=1S/C17H18BrNO2/c1-4-19(16-10-13(20)7-6-12(16)3)17(21)14-9-11(2)5-8-15(14)18/h5-10,20H,4H2,1-3H3. The molecule has 0 heterocycles. The molecule has 3 nitrogen and oxygen atoms in total. The van der Waals surface area contributed by atoms with Crippen molar-refractivity contribution < 1.29 is 9.90 Å². The van der Waals surface area contributed by atoms with Crippen LogP contribution >= 0.6 is 15.9 Å². The van der Waals surface area contributed by atoms with Gasteiger partial charge in [0.25, 0.3) is 5.91 Å². The van der Waals surface area contributed by atoms with E-state index in [-0.39, 0.29) is 11.7 Å². The minimum absolute atomic E-state index is 0.0817. The molecule has 0 aliphatic heterocycles. The van der Waals surface area contributed by atoms with E-state index in [4.69, 9.17) is 0 Å². The Morgan fingerprint density at radius 1 is 1.19 bits per heavy atom. The predicted molar refractivity (Wildman–Crippen MR) is 89.1 cm³/mol. The molecule has 0 saturated heterocycles. The molecule has 0 radical (unpaired) electrons. The fraction of sp³-hybridized carbons (Fsp3) is 0.235. The first-order valence-corrected chi connectivity index (χ1v) is 7.61. The van der Waals surface area contributed by atoms with E-state index in [1.54, 1.807) is 17.0 Å². The van der Waals surface area contributed by atoms with Crippen molar-refractivity contribution in [3.8, 4) is 5.75 Å². The third-order valence-corrected chi connectivity index (χ3v) is 4.09. The molecule has 0 aromatic heterocycles. The van der Waals surface area contributed by atoms with E-state index >= 15 is 0 Å². The molecule has 0 aliphatic carbocycles. The highest BCUT2D eigenvalue weighted by Gasteiger charge is 2.20. The van der Waals surface area contributed by atoms with E-state index in [0.29, 0.717) is 12.1 Å². The van der Waals surface area contributed by atoms with Crippen LogP contribution in [0, 0.1) is 13.8 Å². The number of aromatic hydroxyl groups is 1. The Kier molecular flexibility index (Phi) is 4.68. The Labute approximate surface area is 133 Å². The van der Waals surface area contributed by atoms with Crippen LogP contribution in [0.3, 0.4) is 0 Å². The van der Waals surface area contributed by atoms with Gasteiger partial charge in [-0.15, -0.1) is 0 Å². The molecule has 0 unspecified atom stereocenters. The molecular weight excluding hydrogens is 330 g/mol. The van der Waals surface area contributed by atoms with Crippen molar-refractivity contribution >= 4 is 27.5 Å². The number of rotatable bonds is 3. The minimum atomic E-state index is -0.0817. The SMILES string of the molecule is CCN(C(=O)c1cc(C)ccc1Br)c1cc(O)ccc1C. The van der Waals surface area contributed by atoms with Gasteiger partial charge in [-0.25, -0.2) is 0 Å². The fourth-order valence-corrected chi connectivity index (χ4v) is 2.68. The van der Waals surface area contributed by atoms with Gasteiger partial charge in [-0.05, 0) is 60.5 Å². The summed E-state index contributed by atoms with van der Waals surface area (Å²) in [5, 5.41) is 9.69. The van der Waals surface area contributed by atoms with Crippen molar-refractivity contribution in [3.05, 3.63) is 57.6 Å². The zero-order chi connectivity index (χ0) is 15.6. The van der Waals surface area contributed by atoms with Crippen molar-refractivity contribution in [3.63, 3.8) is 0 Å². The number of carbonyl (C=O) groups excluding carboxylic acids is 1. The number of phenols is 1. The first-order valence-electron chi connectivity index (χ1n) is 6.81. The summed E-state index contributed by atoms with van der Waals surface area (Å²) in [7, 11) is 0. The van der Waals surface area contributed by atoms with Crippen LogP contribution in [-0.4, -0.2) is 17.6 Å². The van der Waals surface area contributed by atoms with E-state index in [1.807, 2.05) is 45.0 Å².